The molecule has 1 nitrogen and oxygen atoms in total. The predicted octanol–water partition coefficient (Wildman–Crippen LogP) is 5.85. The van der Waals surface area contributed by atoms with Crippen molar-refractivity contribution in [1.29, 1.82) is 0 Å². The molecule has 0 N–H and O–H groups in total. The van der Waals surface area contributed by atoms with E-state index in [4.69, 9.17) is 0 Å². The average molecular weight is 279 g/mol. The van der Waals surface area contributed by atoms with Crippen LogP contribution in [0.15, 0.2) is 43.1 Å². The molecule has 2 rings (SSSR count). The molecule has 0 fully saturated rings. The quantitative estimate of drug-likeness (QED) is 0.686. The first-order chi connectivity index (χ1) is 9.82. The summed E-state index contributed by atoms with van der Waals surface area (Å²) in [5.74, 6) is 0.459. The first kappa shape index (κ1) is 15.5. The van der Waals surface area contributed by atoms with Crippen molar-refractivity contribution in [3.63, 3.8) is 0 Å². The number of aryl methyl sites for hydroxylation is 1. The number of nitrogens with zero attached hydrogens (tertiary/aromatic N) is 1. The summed E-state index contributed by atoms with van der Waals surface area (Å²) in [7, 11) is 0. The molecular formula is C20H25N. The number of rotatable bonds is 3. The van der Waals surface area contributed by atoms with Gasteiger partial charge in [-0.2, -0.15) is 0 Å². The van der Waals surface area contributed by atoms with Crippen molar-refractivity contribution in [2.45, 2.75) is 40.5 Å². The van der Waals surface area contributed by atoms with E-state index in [0.29, 0.717) is 5.92 Å². The molecule has 0 aliphatic rings. The second-order valence-electron chi connectivity index (χ2n) is 6.82. The minimum absolute atomic E-state index is 0.219. The highest BCUT2D eigenvalue weighted by atomic mass is 14.6. The van der Waals surface area contributed by atoms with Crippen LogP contribution in [0.1, 0.15) is 50.4 Å². The van der Waals surface area contributed by atoms with Gasteiger partial charge in [-0.1, -0.05) is 58.5 Å². The summed E-state index contributed by atoms with van der Waals surface area (Å²) < 4.78 is 0. The SMILES string of the molecule is C=Cc1ccc(-c2ccnc(C)c2)c(C(C)C(C)(C)C)c1. The van der Waals surface area contributed by atoms with Gasteiger partial charge < -0.3 is 0 Å². The maximum Gasteiger partial charge on any atom is 0.0378 e. The number of hydrogen-bond donors (Lipinski definition) is 0. The van der Waals surface area contributed by atoms with Crippen LogP contribution in [0.2, 0.25) is 0 Å². The van der Waals surface area contributed by atoms with E-state index in [1.807, 2.05) is 19.2 Å². The number of aromatic nitrogens is 1. The molecule has 0 saturated carbocycles. The largest absolute Gasteiger partial charge is 0.262 e. The summed E-state index contributed by atoms with van der Waals surface area (Å²) >= 11 is 0. The fraction of sp³-hybridized carbons (Fsp3) is 0.350. The lowest BCUT2D eigenvalue weighted by Gasteiger charge is -2.30. The summed E-state index contributed by atoms with van der Waals surface area (Å²) in [6.45, 7) is 15.1. The molecule has 1 atom stereocenters. The molecular weight excluding hydrogens is 254 g/mol. The molecule has 0 aliphatic heterocycles. The third-order valence-electron chi connectivity index (χ3n) is 4.28. The Balaban J connectivity index is 2.63. The van der Waals surface area contributed by atoms with Gasteiger partial charge in [0.05, 0.1) is 0 Å². The van der Waals surface area contributed by atoms with Crippen LogP contribution in [-0.4, -0.2) is 4.98 Å². The molecule has 0 radical (unpaired) electrons. The fourth-order valence-corrected chi connectivity index (χ4v) is 2.51. The number of hydrogen-bond acceptors (Lipinski definition) is 1. The van der Waals surface area contributed by atoms with Crippen molar-refractivity contribution in [2.24, 2.45) is 5.41 Å². The summed E-state index contributed by atoms with van der Waals surface area (Å²) in [6.07, 6.45) is 3.80. The molecule has 21 heavy (non-hydrogen) atoms. The van der Waals surface area contributed by atoms with Gasteiger partial charge in [0, 0.05) is 11.9 Å². The topological polar surface area (TPSA) is 12.9 Å². The highest BCUT2D eigenvalue weighted by Gasteiger charge is 2.24. The van der Waals surface area contributed by atoms with Crippen molar-refractivity contribution in [3.8, 4) is 11.1 Å². The van der Waals surface area contributed by atoms with Gasteiger partial charge in [0.2, 0.25) is 0 Å². The van der Waals surface area contributed by atoms with Gasteiger partial charge in [-0.3, -0.25) is 4.98 Å². The first-order valence-corrected chi connectivity index (χ1v) is 7.52. The van der Waals surface area contributed by atoms with Crippen molar-refractivity contribution in [3.05, 3.63) is 59.9 Å². The van der Waals surface area contributed by atoms with E-state index in [1.165, 1.54) is 22.3 Å². The Morgan fingerprint density at radius 3 is 2.43 bits per heavy atom. The lowest BCUT2D eigenvalue weighted by atomic mass is 9.75. The van der Waals surface area contributed by atoms with Gasteiger partial charge in [0.15, 0.2) is 0 Å². The summed E-state index contributed by atoms with van der Waals surface area (Å²) in [6, 6.07) is 10.9. The summed E-state index contributed by atoms with van der Waals surface area (Å²) in [4.78, 5) is 4.31. The number of benzene rings is 1. The van der Waals surface area contributed by atoms with E-state index in [0.717, 1.165) is 5.69 Å². The molecule has 0 aliphatic carbocycles. The molecule has 0 amide bonds. The van der Waals surface area contributed by atoms with Crippen LogP contribution in [0, 0.1) is 12.3 Å². The van der Waals surface area contributed by atoms with Crippen LogP contribution in [0.4, 0.5) is 0 Å². The molecule has 0 spiro atoms. The Bertz CT molecular complexity index is 647. The van der Waals surface area contributed by atoms with Crippen LogP contribution in [0.25, 0.3) is 17.2 Å². The minimum Gasteiger partial charge on any atom is -0.262 e. The van der Waals surface area contributed by atoms with E-state index in [9.17, 15) is 0 Å². The van der Waals surface area contributed by atoms with Crippen LogP contribution in [-0.2, 0) is 0 Å². The van der Waals surface area contributed by atoms with Crippen molar-refractivity contribution in [1.82, 2.24) is 4.98 Å². The lowest BCUT2D eigenvalue weighted by Crippen LogP contribution is -2.16. The van der Waals surface area contributed by atoms with Crippen molar-refractivity contribution < 1.29 is 0 Å². The highest BCUT2D eigenvalue weighted by Crippen LogP contribution is 2.40. The Labute approximate surface area is 128 Å². The zero-order valence-electron chi connectivity index (χ0n) is 13.8. The van der Waals surface area contributed by atoms with Crippen LogP contribution >= 0.6 is 0 Å². The zero-order chi connectivity index (χ0) is 15.6. The molecule has 1 aromatic heterocycles. The van der Waals surface area contributed by atoms with E-state index >= 15 is 0 Å². The highest BCUT2D eigenvalue weighted by molar-refractivity contribution is 5.70. The smallest absolute Gasteiger partial charge is 0.0378 e. The monoisotopic (exact) mass is 279 g/mol. The standard InChI is InChI=1S/C20H25N/c1-7-16-8-9-18(17-10-11-21-14(2)12-17)19(13-16)15(3)20(4,5)6/h7-13,15H,1H2,2-6H3. The van der Waals surface area contributed by atoms with E-state index < -0.39 is 0 Å². The molecule has 110 valence electrons. The fourth-order valence-electron chi connectivity index (χ4n) is 2.51. The maximum atomic E-state index is 4.31. The van der Waals surface area contributed by atoms with Gasteiger partial charge in [-0.15, -0.1) is 0 Å². The second-order valence-corrected chi connectivity index (χ2v) is 6.82. The zero-order valence-corrected chi connectivity index (χ0v) is 13.8. The summed E-state index contributed by atoms with van der Waals surface area (Å²) in [5.41, 5.74) is 6.37. The molecule has 1 unspecified atom stereocenters. The van der Waals surface area contributed by atoms with E-state index in [2.05, 4.69) is 69.6 Å². The predicted molar refractivity (Wildman–Crippen MR) is 92.4 cm³/mol. The Morgan fingerprint density at radius 1 is 1.14 bits per heavy atom. The first-order valence-electron chi connectivity index (χ1n) is 7.52. The normalized spacial score (nSPS) is 13.0. The molecule has 0 bridgehead atoms. The summed E-state index contributed by atoms with van der Waals surface area (Å²) in [5, 5.41) is 0. The van der Waals surface area contributed by atoms with Gasteiger partial charge >= 0.3 is 0 Å². The molecule has 1 heteroatoms. The van der Waals surface area contributed by atoms with Crippen LogP contribution in [0.5, 0.6) is 0 Å². The van der Waals surface area contributed by atoms with Crippen molar-refractivity contribution in [2.75, 3.05) is 0 Å². The Hall–Kier alpha value is -1.89. The average Bonchev–Trinajstić information content (AvgIpc) is 2.44. The van der Waals surface area contributed by atoms with Crippen molar-refractivity contribution >= 4 is 6.08 Å². The van der Waals surface area contributed by atoms with Gasteiger partial charge in [-0.25, -0.2) is 0 Å². The number of pyridine rings is 1. The molecule has 1 aromatic carbocycles. The van der Waals surface area contributed by atoms with Gasteiger partial charge in [0.1, 0.15) is 0 Å². The van der Waals surface area contributed by atoms with Gasteiger partial charge in [-0.05, 0) is 52.6 Å². The van der Waals surface area contributed by atoms with E-state index in [1.54, 1.807) is 0 Å². The second kappa shape index (κ2) is 5.85. The van der Waals surface area contributed by atoms with Crippen LogP contribution in [0.3, 0.4) is 0 Å². The maximum absolute atomic E-state index is 4.31. The molecule has 0 saturated heterocycles. The Kier molecular flexibility index (Phi) is 4.32. The minimum atomic E-state index is 0.219. The van der Waals surface area contributed by atoms with E-state index in [-0.39, 0.29) is 5.41 Å². The van der Waals surface area contributed by atoms with Crippen LogP contribution < -0.4 is 0 Å². The van der Waals surface area contributed by atoms with Gasteiger partial charge in [0.25, 0.3) is 0 Å². The third kappa shape index (κ3) is 3.41. The lowest BCUT2D eigenvalue weighted by molar-refractivity contribution is 0.340. The Morgan fingerprint density at radius 2 is 1.86 bits per heavy atom. The molecule has 1 heterocycles. The molecule has 2 aromatic rings. The third-order valence-corrected chi connectivity index (χ3v) is 4.28.